The van der Waals surface area contributed by atoms with E-state index in [1.165, 1.54) is 0 Å². The smallest absolute Gasteiger partial charge is 0.126 e. The lowest BCUT2D eigenvalue weighted by Gasteiger charge is -2.15. The van der Waals surface area contributed by atoms with Gasteiger partial charge in [-0.3, -0.25) is 0 Å². The Morgan fingerprint density at radius 3 is 2.73 bits per heavy atom. The summed E-state index contributed by atoms with van der Waals surface area (Å²) >= 11 is 0. The number of aryl methyl sites for hydroxylation is 1. The first-order valence-electron chi connectivity index (χ1n) is 5.51. The minimum absolute atomic E-state index is 0.201. The van der Waals surface area contributed by atoms with Gasteiger partial charge in [0.1, 0.15) is 5.82 Å². The number of anilines is 1. The van der Waals surface area contributed by atoms with Gasteiger partial charge in [0.05, 0.1) is 0 Å². The summed E-state index contributed by atoms with van der Waals surface area (Å²) in [4.78, 5) is 4.36. The summed E-state index contributed by atoms with van der Waals surface area (Å²) in [5.74, 6) is 1.56. The second kappa shape index (κ2) is 5.71. The van der Waals surface area contributed by atoms with Gasteiger partial charge in [-0.15, -0.1) is 0 Å². The Bertz CT molecular complexity index is 297. The molecule has 3 N–H and O–H groups in total. The minimum Gasteiger partial charge on any atom is -0.369 e. The normalized spacial score (nSPS) is 12.9. The second-order valence-corrected chi connectivity index (χ2v) is 4.43. The highest BCUT2D eigenvalue weighted by atomic mass is 15.0. The summed E-state index contributed by atoms with van der Waals surface area (Å²) in [5, 5.41) is 3.25. The van der Waals surface area contributed by atoms with Gasteiger partial charge >= 0.3 is 0 Å². The summed E-state index contributed by atoms with van der Waals surface area (Å²) in [5.41, 5.74) is 7.00. The van der Waals surface area contributed by atoms with Crippen LogP contribution in [0.15, 0.2) is 18.2 Å². The van der Waals surface area contributed by atoms with Gasteiger partial charge in [0.2, 0.25) is 0 Å². The summed E-state index contributed by atoms with van der Waals surface area (Å²) in [6.45, 7) is 7.14. The maximum atomic E-state index is 5.97. The van der Waals surface area contributed by atoms with Crippen LogP contribution in [0.1, 0.15) is 26.0 Å². The van der Waals surface area contributed by atoms with Crippen molar-refractivity contribution >= 4 is 5.82 Å². The zero-order valence-corrected chi connectivity index (χ0v) is 9.83. The van der Waals surface area contributed by atoms with Crippen LogP contribution in [-0.4, -0.2) is 17.6 Å². The van der Waals surface area contributed by atoms with Crippen molar-refractivity contribution in [3.05, 3.63) is 23.9 Å². The third kappa shape index (κ3) is 4.79. The summed E-state index contributed by atoms with van der Waals surface area (Å²) < 4.78 is 0. The van der Waals surface area contributed by atoms with E-state index in [0.29, 0.717) is 5.92 Å². The lowest BCUT2D eigenvalue weighted by molar-refractivity contribution is 0.508. The fourth-order valence-electron chi connectivity index (χ4n) is 1.57. The summed E-state index contributed by atoms with van der Waals surface area (Å²) in [6.07, 6.45) is 1.04. The molecule has 84 valence electrons. The summed E-state index contributed by atoms with van der Waals surface area (Å²) in [7, 11) is 0. The molecule has 0 spiro atoms. The molecule has 0 aliphatic rings. The number of hydrogen-bond acceptors (Lipinski definition) is 3. The molecule has 1 rings (SSSR count). The lowest BCUT2D eigenvalue weighted by Crippen LogP contribution is -2.30. The van der Waals surface area contributed by atoms with Crippen molar-refractivity contribution in [3.63, 3.8) is 0 Å². The van der Waals surface area contributed by atoms with Gasteiger partial charge < -0.3 is 11.1 Å². The molecule has 0 saturated heterocycles. The SMILES string of the molecule is Cc1cccc(NCC(N)CC(C)C)n1. The molecule has 3 heteroatoms. The second-order valence-electron chi connectivity index (χ2n) is 4.43. The highest BCUT2D eigenvalue weighted by Crippen LogP contribution is 2.06. The van der Waals surface area contributed by atoms with Gasteiger partial charge in [-0.05, 0) is 31.4 Å². The average molecular weight is 207 g/mol. The van der Waals surface area contributed by atoms with Gasteiger partial charge in [0.25, 0.3) is 0 Å². The molecule has 1 aromatic heterocycles. The van der Waals surface area contributed by atoms with Crippen molar-refractivity contribution in [2.24, 2.45) is 11.7 Å². The van der Waals surface area contributed by atoms with E-state index >= 15 is 0 Å². The predicted molar refractivity (Wildman–Crippen MR) is 64.9 cm³/mol. The molecular formula is C12H21N3. The van der Waals surface area contributed by atoms with E-state index in [0.717, 1.165) is 24.5 Å². The van der Waals surface area contributed by atoms with Gasteiger partial charge in [0, 0.05) is 18.3 Å². The minimum atomic E-state index is 0.201. The first kappa shape index (κ1) is 12.0. The van der Waals surface area contributed by atoms with E-state index in [9.17, 15) is 0 Å². The quantitative estimate of drug-likeness (QED) is 0.778. The van der Waals surface area contributed by atoms with Crippen LogP contribution in [0.25, 0.3) is 0 Å². The predicted octanol–water partition coefficient (Wildman–Crippen LogP) is 2.18. The Morgan fingerprint density at radius 2 is 2.13 bits per heavy atom. The lowest BCUT2D eigenvalue weighted by atomic mass is 10.0. The molecule has 1 aromatic rings. The van der Waals surface area contributed by atoms with Crippen LogP contribution in [0.5, 0.6) is 0 Å². The van der Waals surface area contributed by atoms with Crippen molar-refractivity contribution in [2.45, 2.75) is 33.2 Å². The molecule has 1 unspecified atom stereocenters. The van der Waals surface area contributed by atoms with Crippen LogP contribution in [-0.2, 0) is 0 Å². The molecule has 0 aliphatic heterocycles. The Morgan fingerprint density at radius 1 is 1.40 bits per heavy atom. The zero-order chi connectivity index (χ0) is 11.3. The number of nitrogens with one attached hydrogen (secondary N) is 1. The number of rotatable bonds is 5. The third-order valence-corrected chi connectivity index (χ3v) is 2.21. The van der Waals surface area contributed by atoms with Crippen molar-refractivity contribution in [3.8, 4) is 0 Å². The molecular weight excluding hydrogens is 186 g/mol. The van der Waals surface area contributed by atoms with E-state index in [4.69, 9.17) is 5.73 Å². The zero-order valence-electron chi connectivity index (χ0n) is 9.83. The molecule has 0 aliphatic carbocycles. The first-order chi connectivity index (χ1) is 7.08. The average Bonchev–Trinajstić information content (AvgIpc) is 2.14. The fourth-order valence-corrected chi connectivity index (χ4v) is 1.57. The molecule has 0 aromatic carbocycles. The van der Waals surface area contributed by atoms with Crippen molar-refractivity contribution < 1.29 is 0 Å². The van der Waals surface area contributed by atoms with E-state index in [1.54, 1.807) is 0 Å². The Hall–Kier alpha value is -1.09. The van der Waals surface area contributed by atoms with Crippen molar-refractivity contribution in [1.82, 2.24) is 4.98 Å². The first-order valence-corrected chi connectivity index (χ1v) is 5.51. The van der Waals surface area contributed by atoms with Crippen LogP contribution in [0, 0.1) is 12.8 Å². The van der Waals surface area contributed by atoms with Crippen LogP contribution < -0.4 is 11.1 Å². The maximum Gasteiger partial charge on any atom is 0.126 e. The number of nitrogens with zero attached hydrogens (tertiary/aromatic N) is 1. The van der Waals surface area contributed by atoms with Crippen LogP contribution >= 0.6 is 0 Å². The van der Waals surface area contributed by atoms with E-state index < -0.39 is 0 Å². The van der Waals surface area contributed by atoms with Crippen LogP contribution in [0.2, 0.25) is 0 Å². The number of hydrogen-bond donors (Lipinski definition) is 2. The maximum absolute atomic E-state index is 5.97. The van der Waals surface area contributed by atoms with Gasteiger partial charge in [-0.1, -0.05) is 19.9 Å². The topological polar surface area (TPSA) is 50.9 Å². The monoisotopic (exact) mass is 207 g/mol. The van der Waals surface area contributed by atoms with Gasteiger partial charge in [-0.2, -0.15) is 0 Å². The highest BCUT2D eigenvalue weighted by molar-refractivity contribution is 5.35. The van der Waals surface area contributed by atoms with E-state index in [-0.39, 0.29) is 6.04 Å². The molecule has 0 radical (unpaired) electrons. The standard InChI is InChI=1S/C12H21N3/c1-9(2)7-11(13)8-14-12-6-4-5-10(3)15-12/h4-6,9,11H,7-8,13H2,1-3H3,(H,14,15). The van der Waals surface area contributed by atoms with Crippen LogP contribution in [0.3, 0.4) is 0 Å². The van der Waals surface area contributed by atoms with E-state index in [2.05, 4.69) is 24.1 Å². The molecule has 15 heavy (non-hydrogen) atoms. The molecule has 1 heterocycles. The molecule has 3 nitrogen and oxygen atoms in total. The van der Waals surface area contributed by atoms with Crippen molar-refractivity contribution in [2.75, 3.05) is 11.9 Å². The molecule has 0 bridgehead atoms. The number of aromatic nitrogens is 1. The highest BCUT2D eigenvalue weighted by Gasteiger charge is 2.05. The summed E-state index contributed by atoms with van der Waals surface area (Å²) in [6, 6.07) is 6.15. The van der Waals surface area contributed by atoms with Crippen LogP contribution in [0.4, 0.5) is 5.82 Å². The number of nitrogens with two attached hydrogens (primary N) is 1. The van der Waals surface area contributed by atoms with Gasteiger partial charge in [-0.25, -0.2) is 4.98 Å². The Labute approximate surface area is 92.1 Å². The molecule has 0 amide bonds. The largest absolute Gasteiger partial charge is 0.369 e. The van der Waals surface area contributed by atoms with Crippen molar-refractivity contribution in [1.29, 1.82) is 0 Å². The Balaban J connectivity index is 2.36. The molecule has 0 fully saturated rings. The fraction of sp³-hybridized carbons (Fsp3) is 0.583. The van der Waals surface area contributed by atoms with E-state index in [1.807, 2.05) is 25.1 Å². The Kier molecular flexibility index (Phi) is 4.56. The molecule has 0 saturated carbocycles. The number of pyridine rings is 1. The molecule has 1 atom stereocenters. The van der Waals surface area contributed by atoms with Gasteiger partial charge in [0.15, 0.2) is 0 Å². The third-order valence-electron chi connectivity index (χ3n) is 2.21.